The van der Waals surface area contributed by atoms with Gasteiger partial charge in [0.2, 0.25) is 0 Å². The van der Waals surface area contributed by atoms with Gasteiger partial charge in [-0.3, -0.25) is 4.98 Å². The van der Waals surface area contributed by atoms with E-state index in [0.717, 1.165) is 17.9 Å². The smallest absolute Gasteiger partial charge is 0.0868 e. The second kappa shape index (κ2) is 4.86. The standard InChI is InChI=1S/C16H17N3/c1-19(2)11-13-12-7-3-4-8-14(12)18-16(13)15-9-5-6-10-17-15/h3-10,18H,11H2,1-2H3. The molecule has 0 amide bonds. The second-order valence-electron chi connectivity index (χ2n) is 4.98. The fourth-order valence-electron chi connectivity index (χ4n) is 2.41. The number of H-pyrrole nitrogens is 1. The van der Waals surface area contributed by atoms with Crippen LogP contribution in [0.4, 0.5) is 0 Å². The Morgan fingerprint density at radius 3 is 2.58 bits per heavy atom. The minimum Gasteiger partial charge on any atom is -0.353 e. The maximum absolute atomic E-state index is 4.46. The van der Waals surface area contributed by atoms with E-state index in [2.05, 4.69) is 53.2 Å². The van der Waals surface area contributed by atoms with E-state index in [1.165, 1.54) is 16.5 Å². The van der Waals surface area contributed by atoms with Gasteiger partial charge in [-0.15, -0.1) is 0 Å². The number of para-hydroxylation sites is 1. The van der Waals surface area contributed by atoms with E-state index in [-0.39, 0.29) is 0 Å². The molecule has 2 heterocycles. The van der Waals surface area contributed by atoms with Gasteiger partial charge in [-0.25, -0.2) is 0 Å². The van der Waals surface area contributed by atoms with Crippen LogP contribution < -0.4 is 0 Å². The molecule has 1 aromatic carbocycles. The first-order valence-corrected chi connectivity index (χ1v) is 6.41. The van der Waals surface area contributed by atoms with Crippen LogP contribution in [0.1, 0.15) is 5.56 Å². The number of hydrogen-bond acceptors (Lipinski definition) is 2. The molecule has 0 bridgehead atoms. The van der Waals surface area contributed by atoms with Crippen molar-refractivity contribution in [2.45, 2.75) is 6.54 Å². The van der Waals surface area contributed by atoms with Crippen molar-refractivity contribution in [3.05, 3.63) is 54.2 Å². The zero-order chi connectivity index (χ0) is 13.2. The molecule has 0 aliphatic rings. The molecule has 3 aromatic rings. The lowest BCUT2D eigenvalue weighted by molar-refractivity contribution is 0.404. The van der Waals surface area contributed by atoms with Crippen molar-refractivity contribution in [2.24, 2.45) is 0 Å². The Hall–Kier alpha value is -2.13. The molecule has 19 heavy (non-hydrogen) atoms. The normalized spacial score (nSPS) is 11.3. The molecule has 96 valence electrons. The Balaban J connectivity index is 2.23. The number of hydrogen-bond donors (Lipinski definition) is 1. The van der Waals surface area contributed by atoms with E-state index in [4.69, 9.17) is 0 Å². The monoisotopic (exact) mass is 251 g/mol. The number of rotatable bonds is 3. The van der Waals surface area contributed by atoms with Crippen molar-refractivity contribution in [3.63, 3.8) is 0 Å². The molecular weight excluding hydrogens is 234 g/mol. The van der Waals surface area contributed by atoms with Gasteiger partial charge < -0.3 is 9.88 Å². The molecule has 0 fully saturated rings. The number of aromatic amines is 1. The summed E-state index contributed by atoms with van der Waals surface area (Å²) in [6, 6.07) is 14.4. The molecule has 2 aromatic heterocycles. The summed E-state index contributed by atoms with van der Waals surface area (Å²) >= 11 is 0. The summed E-state index contributed by atoms with van der Waals surface area (Å²) in [6.45, 7) is 0.899. The van der Waals surface area contributed by atoms with Gasteiger partial charge in [0.15, 0.2) is 0 Å². The second-order valence-corrected chi connectivity index (χ2v) is 4.98. The summed E-state index contributed by atoms with van der Waals surface area (Å²) in [5.74, 6) is 0. The Morgan fingerprint density at radius 1 is 1.05 bits per heavy atom. The fourth-order valence-corrected chi connectivity index (χ4v) is 2.41. The molecule has 0 aliphatic heterocycles. The van der Waals surface area contributed by atoms with E-state index in [1.54, 1.807) is 0 Å². The quantitative estimate of drug-likeness (QED) is 0.774. The van der Waals surface area contributed by atoms with Gasteiger partial charge in [0.1, 0.15) is 0 Å². The average Bonchev–Trinajstić information content (AvgIpc) is 2.78. The van der Waals surface area contributed by atoms with E-state index in [1.807, 2.05) is 24.4 Å². The summed E-state index contributed by atoms with van der Waals surface area (Å²) < 4.78 is 0. The van der Waals surface area contributed by atoms with E-state index >= 15 is 0 Å². The van der Waals surface area contributed by atoms with Crippen LogP contribution >= 0.6 is 0 Å². The van der Waals surface area contributed by atoms with Crippen molar-refractivity contribution >= 4 is 10.9 Å². The van der Waals surface area contributed by atoms with Gasteiger partial charge in [0, 0.05) is 29.2 Å². The van der Waals surface area contributed by atoms with Gasteiger partial charge >= 0.3 is 0 Å². The van der Waals surface area contributed by atoms with E-state index < -0.39 is 0 Å². The highest BCUT2D eigenvalue weighted by Gasteiger charge is 2.13. The molecule has 0 aliphatic carbocycles. The highest BCUT2D eigenvalue weighted by Crippen LogP contribution is 2.29. The number of nitrogens with zero attached hydrogens (tertiary/aromatic N) is 2. The van der Waals surface area contributed by atoms with Crippen LogP contribution in [0.15, 0.2) is 48.7 Å². The fraction of sp³-hybridized carbons (Fsp3) is 0.188. The van der Waals surface area contributed by atoms with Crippen LogP contribution in [0.3, 0.4) is 0 Å². The van der Waals surface area contributed by atoms with Crippen LogP contribution in [-0.2, 0) is 6.54 Å². The molecule has 0 saturated heterocycles. The Bertz CT molecular complexity index is 684. The summed E-state index contributed by atoms with van der Waals surface area (Å²) in [4.78, 5) is 10.1. The zero-order valence-corrected chi connectivity index (χ0v) is 11.2. The molecule has 1 N–H and O–H groups in total. The van der Waals surface area contributed by atoms with Crippen LogP contribution in [0.5, 0.6) is 0 Å². The maximum atomic E-state index is 4.46. The summed E-state index contributed by atoms with van der Waals surface area (Å²) in [5.41, 5.74) is 4.59. The minimum atomic E-state index is 0.899. The van der Waals surface area contributed by atoms with Crippen LogP contribution in [0, 0.1) is 0 Å². The highest BCUT2D eigenvalue weighted by atomic mass is 15.1. The Kier molecular flexibility index (Phi) is 3.05. The third kappa shape index (κ3) is 2.25. The predicted molar refractivity (Wildman–Crippen MR) is 78.9 cm³/mol. The van der Waals surface area contributed by atoms with Crippen LogP contribution in [0.2, 0.25) is 0 Å². The van der Waals surface area contributed by atoms with Gasteiger partial charge in [-0.05, 0) is 32.3 Å². The molecule has 0 spiro atoms. The van der Waals surface area contributed by atoms with Crippen molar-refractivity contribution in [3.8, 4) is 11.4 Å². The molecule has 0 atom stereocenters. The van der Waals surface area contributed by atoms with Gasteiger partial charge in [-0.1, -0.05) is 24.3 Å². The number of benzene rings is 1. The summed E-state index contributed by atoms with van der Waals surface area (Å²) in [7, 11) is 4.17. The van der Waals surface area contributed by atoms with E-state index in [9.17, 15) is 0 Å². The van der Waals surface area contributed by atoms with Crippen molar-refractivity contribution in [1.82, 2.24) is 14.9 Å². The van der Waals surface area contributed by atoms with Crippen molar-refractivity contribution in [1.29, 1.82) is 0 Å². The third-order valence-corrected chi connectivity index (χ3v) is 3.21. The average molecular weight is 251 g/mol. The zero-order valence-electron chi connectivity index (χ0n) is 11.2. The number of pyridine rings is 1. The lowest BCUT2D eigenvalue weighted by Gasteiger charge is -2.11. The van der Waals surface area contributed by atoms with Crippen LogP contribution in [-0.4, -0.2) is 29.0 Å². The molecule has 0 radical (unpaired) electrons. The Morgan fingerprint density at radius 2 is 1.84 bits per heavy atom. The lowest BCUT2D eigenvalue weighted by Crippen LogP contribution is -2.11. The highest BCUT2D eigenvalue weighted by molar-refractivity contribution is 5.90. The molecular formula is C16H17N3. The molecule has 0 unspecified atom stereocenters. The first-order chi connectivity index (χ1) is 9.25. The summed E-state index contributed by atoms with van der Waals surface area (Å²) in [6.07, 6.45) is 1.83. The first-order valence-electron chi connectivity index (χ1n) is 6.41. The molecule has 3 rings (SSSR count). The predicted octanol–water partition coefficient (Wildman–Crippen LogP) is 3.29. The number of nitrogens with one attached hydrogen (secondary N) is 1. The van der Waals surface area contributed by atoms with Gasteiger partial charge in [-0.2, -0.15) is 0 Å². The largest absolute Gasteiger partial charge is 0.353 e. The molecule has 3 heteroatoms. The topological polar surface area (TPSA) is 31.9 Å². The Labute approximate surface area is 112 Å². The number of fused-ring (bicyclic) bond motifs is 1. The van der Waals surface area contributed by atoms with Crippen LogP contribution in [0.25, 0.3) is 22.3 Å². The van der Waals surface area contributed by atoms with Crippen molar-refractivity contribution in [2.75, 3.05) is 14.1 Å². The molecule has 3 nitrogen and oxygen atoms in total. The summed E-state index contributed by atoms with van der Waals surface area (Å²) in [5, 5.41) is 1.27. The molecule has 0 saturated carbocycles. The SMILES string of the molecule is CN(C)Cc1c(-c2ccccn2)[nH]c2ccccc12. The first kappa shape index (κ1) is 11.9. The van der Waals surface area contributed by atoms with Gasteiger partial charge in [0.05, 0.1) is 11.4 Å². The lowest BCUT2D eigenvalue weighted by atomic mass is 10.1. The third-order valence-electron chi connectivity index (χ3n) is 3.21. The number of aromatic nitrogens is 2. The van der Waals surface area contributed by atoms with Gasteiger partial charge in [0.25, 0.3) is 0 Å². The maximum Gasteiger partial charge on any atom is 0.0868 e. The minimum absolute atomic E-state index is 0.899. The van der Waals surface area contributed by atoms with Crippen molar-refractivity contribution < 1.29 is 0 Å². The van der Waals surface area contributed by atoms with E-state index in [0.29, 0.717) is 0 Å².